The highest BCUT2D eigenvalue weighted by atomic mass is 16.4. The number of hydrogen-bond donors (Lipinski definition) is 2. The van der Waals surface area contributed by atoms with E-state index in [1.54, 1.807) is 0 Å². The van der Waals surface area contributed by atoms with Crippen LogP contribution in [0.4, 0.5) is 0 Å². The van der Waals surface area contributed by atoms with Gasteiger partial charge in [0, 0.05) is 0 Å². The van der Waals surface area contributed by atoms with Gasteiger partial charge in [-0.2, -0.15) is 5.26 Å². The van der Waals surface area contributed by atoms with Crippen molar-refractivity contribution in [1.82, 2.24) is 0 Å². The second-order valence-electron chi connectivity index (χ2n) is 3.28. The summed E-state index contributed by atoms with van der Waals surface area (Å²) in [5, 5.41) is 27.2. The molecule has 0 spiro atoms. The van der Waals surface area contributed by atoms with Crippen LogP contribution in [0, 0.1) is 17.2 Å². The largest absolute Gasteiger partial charge is 0.481 e. The van der Waals surface area contributed by atoms with Gasteiger partial charge in [0.1, 0.15) is 5.92 Å². The number of carboxylic acid groups (broad SMARTS) is 1. The number of aliphatic hydroxyl groups is 1. The zero-order valence-electron chi connectivity index (χ0n) is 8.50. The van der Waals surface area contributed by atoms with Gasteiger partial charge in [-0.1, -0.05) is 18.2 Å². The van der Waals surface area contributed by atoms with E-state index in [1.165, 1.54) is 30.3 Å². The van der Waals surface area contributed by atoms with Crippen LogP contribution in [0.15, 0.2) is 36.9 Å². The second-order valence-corrected chi connectivity index (χ2v) is 3.28. The summed E-state index contributed by atoms with van der Waals surface area (Å²) in [7, 11) is 0. The van der Waals surface area contributed by atoms with Crippen LogP contribution in [0.1, 0.15) is 17.2 Å². The molecule has 0 fully saturated rings. The van der Waals surface area contributed by atoms with Crippen LogP contribution in [-0.4, -0.2) is 16.2 Å². The number of rotatable bonds is 4. The van der Waals surface area contributed by atoms with E-state index >= 15 is 0 Å². The highest BCUT2D eigenvalue weighted by Crippen LogP contribution is 2.23. The van der Waals surface area contributed by atoms with Gasteiger partial charge in [0.15, 0.2) is 0 Å². The smallest absolute Gasteiger partial charge is 0.313 e. The number of aliphatic carboxylic acids is 1. The van der Waals surface area contributed by atoms with Crippen molar-refractivity contribution >= 4 is 5.97 Å². The molecule has 0 aliphatic carbocycles. The predicted molar refractivity (Wildman–Crippen MR) is 57.4 cm³/mol. The summed E-state index contributed by atoms with van der Waals surface area (Å²) in [5.74, 6) is -2.18. The van der Waals surface area contributed by atoms with Gasteiger partial charge < -0.3 is 10.2 Å². The van der Waals surface area contributed by atoms with Gasteiger partial charge in [0.2, 0.25) is 0 Å². The normalized spacial score (nSPS) is 13.5. The molecule has 0 saturated carbocycles. The van der Waals surface area contributed by atoms with Gasteiger partial charge in [0.05, 0.1) is 17.7 Å². The lowest BCUT2D eigenvalue weighted by molar-refractivity contribution is -0.143. The maximum Gasteiger partial charge on any atom is 0.313 e. The predicted octanol–water partition coefficient (Wildman–Crippen LogP) is 1.48. The topological polar surface area (TPSA) is 81.3 Å². The molecule has 0 radical (unpaired) electrons. The monoisotopic (exact) mass is 217 g/mol. The summed E-state index contributed by atoms with van der Waals surface area (Å²) in [6, 6.07) is 8.06. The average molecular weight is 217 g/mol. The molecule has 0 aromatic heterocycles. The molecule has 2 atom stereocenters. The molecule has 1 aromatic rings. The Hall–Kier alpha value is -2.12. The van der Waals surface area contributed by atoms with Gasteiger partial charge in [-0.15, -0.1) is 6.58 Å². The van der Waals surface area contributed by atoms with Crippen molar-refractivity contribution in [2.75, 3.05) is 0 Å². The van der Waals surface area contributed by atoms with Crippen LogP contribution in [0.5, 0.6) is 0 Å². The van der Waals surface area contributed by atoms with Crippen molar-refractivity contribution in [2.45, 2.75) is 6.10 Å². The van der Waals surface area contributed by atoms with E-state index in [0.717, 1.165) is 0 Å². The van der Waals surface area contributed by atoms with Crippen LogP contribution in [-0.2, 0) is 4.79 Å². The van der Waals surface area contributed by atoms with Crippen molar-refractivity contribution in [3.8, 4) is 6.07 Å². The lowest BCUT2D eigenvalue weighted by atomic mass is 9.95. The van der Waals surface area contributed by atoms with Crippen molar-refractivity contribution in [3.05, 3.63) is 48.0 Å². The van der Waals surface area contributed by atoms with E-state index < -0.39 is 18.0 Å². The molecule has 2 unspecified atom stereocenters. The van der Waals surface area contributed by atoms with Crippen molar-refractivity contribution in [1.29, 1.82) is 5.26 Å². The van der Waals surface area contributed by atoms with Crippen LogP contribution in [0.3, 0.4) is 0 Å². The van der Waals surface area contributed by atoms with Crippen LogP contribution in [0.2, 0.25) is 0 Å². The fourth-order valence-corrected chi connectivity index (χ4v) is 1.33. The average Bonchev–Trinajstić information content (AvgIpc) is 2.29. The summed E-state index contributed by atoms with van der Waals surface area (Å²) in [5.41, 5.74) is 0.910. The van der Waals surface area contributed by atoms with Gasteiger partial charge in [-0.05, 0) is 17.7 Å². The number of carboxylic acids is 1. The van der Waals surface area contributed by atoms with E-state index in [9.17, 15) is 9.90 Å². The Morgan fingerprint density at radius 1 is 1.44 bits per heavy atom. The third-order valence-corrected chi connectivity index (χ3v) is 2.26. The Labute approximate surface area is 93.1 Å². The lowest BCUT2D eigenvalue weighted by Crippen LogP contribution is -2.19. The number of carbonyl (C=O) groups is 1. The molecule has 2 N–H and O–H groups in total. The molecule has 0 saturated heterocycles. The number of aliphatic hydroxyl groups excluding tert-OH is 1. The van der Waals surface area contributed by atoms with E-state index in [-0.39, 0.29) is 0 Å². The molecule has 4 nitrogen and oxygen atoms in total. The van der Waals surface area contributed by atoms with Crippen LogP contribution >= 0.6 is 0 Å². The Morgan fingerprint density at radius 2 is 2.00 bits per heavy atom. The minimum absolute atomic E-state index is 0.450. The van der Waals surface area contributed by atoms with Gasteiger partial charge >= 0.3 is 5.97 Å². The SMILES string of the molecule is C=CC(C(=O)O)C(O)c1ccc(C#N)cc1. The minimum atomic E-state index is -1.15. The maximum atomic E-state index is 10.8. The second kappa shape index (κ2) is 5.10. The van der Waals surface area contributed by atoms with Gasteiger partial charge in [-0.3, -0.25) is 4.79 Å². The Morgan fingerprint density at radius 3 is 2.38 bits per heavy atom. The Kier molecular flexibility index (Phi) is 3.81. The number of hydrogen-bond acceptors (Lipinski definition) is 3. The molecule has 16 heavy (non-hydrogen) atoms. The quantitative estimate of drug-likeness (QED) is 0.748. The third kappa shape index (κ3) is 2.47. The van der Waals surface area contributed by atoms with E-state index in [1.807, 2.05) is 6.07 Å². The van der Waals surface area contributed by atoms with Crippen molar-refractivity contribution in [3.63, 3.8) is 0 Å². The summed E-state index contributed by atoms with van der Waals surface area (Å²) >= 11 is 0. The van der Waals surface area contributed by atoms with Crippen LogP contribution < -0.4 is 0 Å². The summed E-state index contributed by atoms with van der Waals surface area (Å²) < 4.78 is 0. The molecule has 0 aliphatic rings. The van der Waals surface area contributed by atoms with Gasteiger partial charge in [-0.25, -0.2) is 0 Å². The maximum absolute atomic E-state index is 10.8. The summed E-state index contributed by atoms with van der Waals surface area (Å²) in [6.45, 7) is 3.37. The fourth-order valence-electron chi connectivity index (χ4n) is 1.33. The standard InChI is InChI=1S/C12H11NO3/c1-2-10(12(15)16)11(14)9-5-3-8(7-13)4-6-9/h2-6,10-11,14H,1H2,(H,15,16). The van der Waals surface area contributed by atoms with E-state index in [0.29, 0.717) is 11.1 Å². The molecule has 0 amide bonds. The van der Waals surface area contributed by atoms with Crippen molar-refractivity contribution in [2.24, 2.45) is 5.92 Å². The zero-order chi connectivity index (χ0) is 12.1. The van der Waals surface area contributed by atoms with Gasteiger partial charge in [0.25, 0.3) is 0 Å². The molecular weight excluding hydrogens is 206 g/mol. The molecule has 0 aliphatic heterocycles. The molecule has 82 valence electrons. The fraction of sp³-hybridized carbons (Fsp3) is 0.167. The minimum Gasteiger partial charge on any atom is -0.481 e. The summed E-state index contributed by atoms with van der Waals surface area (Å²) in [6.07, 6.45) is 0.0355. The van der Waals surface area contributed by atoms with Crippen LogP contribution in [0.25, 0.3) is 0 Å². The van der Waals surface area contributed by atoms with E-state index in [4.69, 9.17) is 10.4 Å². The van der Waals surface area contributed by atoms with Crippen molar-refractivity contribution < 1.29 is 15.0 Å². The number of benzene rings is 1. The summed E-state index contributed by atoms with van der Waals surface area (Å²) in [4.78, 5) is 10.8. The first-order chi connectivity index (χ1) is 7.60. The first kappa shape index (κ1) is 12.0. The highest BCUT2D eigenvalue weighted by Gasteiger charge is 2.24. The molecular formula is C12H11NO3. The first-order valence-corrected chi connectivity index (χ1v) is 4.63. The number of nitrogens with zero attached hydrogens (tertiary/aromatic N) is 1. The molecule has 4 heteroatoms. The zero-order valence-corrected chi connectivity index (χ0v) is 8.50. The lowest BCUT2D eigenvalue weighted by Gasteiger charge is -2.15. The molecule has 1 aromatic carbocycles. The molecule has 1 rings (SSSR count). The third-order valence-electron chi connectivity index (χ3n) is 2.26. The first-order valence-electron chi connectivity index (χ1n) is 4.63. The van der Waals surface area contributed by atoms with E-state index in [2.05, 4.69) is 6.58 Å². The number of nitriles is 1. The molecule has 0 bridgehead atoms. The Balaban J connectivity index is 2.95. The Bertz CT molecular complexity index is 431. The highest BCUT2D eigenvalue weighted by molar-refractivity contribution is 5.73. The molecule has 0 heterocycles.